The van der Waals surface area contributed by atoms with Crippen molar-refractivity contribution in [1.29, 1.82) is 0 Å². The maximum absolute atomic E-state index is 14.2. The molecule has 230 valence electrons. The van der Waals surface area contributed by atoms with Crippen molar-refractivity contribution in [3.8, 4) is 11.5 Å². The molecule has 0 spiro atoms. The topological polar surface area (TPSA) is 96.0 Å². The van der Waals surface area contributed by atoms with Gasteiger partial charge in [-0.1, -0.05) is 53.8 Å². The van der Waals surface area contributed by atoms with Crippen LogP contribution < -0.4 is 24.4 Å². The van der Waals surface area contributed by atoms with Gasteiger partial charge >= 0.3 is 0 Å². The Hall–Kier alpha value is -3.82. The second-order valence-corrected chi connectivity index (χ2v) is 14.2. The van der Waals surface area contributed by atoms with Crippen molar-refractivity contribution in [1.82, 2.24) is 4.57 Å². The van der Waals surface area contributed by atoms with Gasteiger partial charge in [0.25, 0.3) is 11.2 Å². The fourth-order valence-corrected chi connectivity index (χ4v) is 9.14. The van der Waals surface area contributed by atoms with Crippen LogP contribution in [0.4, 0.5) is 5.69 Å². The summed E-state index contributed by atoms with van der Waals surface area (Å²) in [6.45, 7) is 0.276. The first-order chi connectivity index (χ1) is 22.3. The summed E-state index contributed by atoms with van der Waals surface area (Å²) in [5, 5.41) is 11.0. The first kappa shape index (κ1) is 30.8. The molecule has 0 fully saturated rings. The number of rotatable bonds is 7. The molecule has 4 aromatic carbocycles. The lowest BCUT2D eigenvalue weighted by Crippen LogP contribution is -2.39. The predicted molar refractivity (Wildman–Crippen MR) is 195 cm³/mol. The SMILES string of the molecule is COc1ccccc1[C@@H]1C2=C(N=c3s/c(=C\c4cc(I)c(OCc5ccc([N+](=O)[O-])cc5)c(I)c4)c(=O)n31)c1ccccc1CC2. The summed E-state index contributed by atoms with van der Waals surface area (Å²) in [7, 11) is 1.66. The highest BCUT2D eigenvalue weighted by Crippen LogP contribution is 2.43. The fourth-order valence-electron chi connectivity index (χ4n) is 6.01. The number of methoxy groups -OCH3 is 1. The van der Waals surface area contributed by atoms with Gasteiger partial charge in [0.05, 0.1) is 35.4 Å². The number of nitro benzene ring substituents is 1. The number of benzene rings is 4. The number of nitrogens with zero attached hydrogens (tertiary/aromatic N) is 3. The van der Waals surface area contributed by atoms with Gasteiger partial charge in [-0.25, -0.2) is 4.99 Å². The number of nitro groups is 1. The summed E-state index contributed by atoms with van der Waals surface area (Å²) in [5.74, 6) is 1.46. The molecule has 0 bridgehead atoms. The third-order valence-corrected chi connectivity index (χ3v) is 10.7. The largest absolute Gasteiger partial charge is 0.496 e. The van der Waals surface area contributed by atoms with Gasteiger partial charge in [0.2, 0.25) is 0 Å². The Morgan fingerprint density at radius 1 is 1.02 bits per heavy atom. The summed E-state index contributed by atoms with van der Waals surface area (Å²) >= 11 is 5.87. The van der Waals surface area contributed by atoms with E-state index in [0.29, 0.717) is 9.33 Å². The molecule has 0 saturated carbocycles. The number of halogens is 2. The molecule has 1 aliphatic heterocycles. The summed E-state index contributed by atoms with van der Waals surface area (Å²) in [6, 6.07) is 26.3. The zero-order valence-corrected chi connectivity index (χ0v) is 29.5. The highest BCUT2D eigenvalue weighted by molar-refractivity contribution is 14.1. The predicted octanol–water partition coefficient (Wildman–Crippen LogP) is 7.02. The van der Waals surface area contributed by atoms with Crippen LogP contribution in [0.5, 0.6) is 11.5 Å². The van der Waals surface area contributed by atoms with Gasteiger partial charge < -0.3 is 9.47 Å². The van der Waals surface area contributed by atoms with Crippen LogP contribution in [0.3, 0.4) is 0 Å². The molecule has 2 aliphatic rings. The standard InChI is InChI=1S/C35H25I2N3O5S/c1-44-29-9-5-4-8-25(29)32-26-15-12-22-6-2-3-7-24(22)31(26)38-35-39(32)34(41)30(46-35)18-21-16-27(36)33(28(37)17-21)45-19-20-10-13-23(14-11-20)40(42)43/h2-11,13-14,16-18,32H,12,15,19H2,1H3/b30-18-/t32-/m1/s1. The van der Waals surface area contributed by atoms with Crippen LogP contribution in [0, 0.1) is 17.3 Å². The van der Waals surface area contributed by atoms with Crippen LogP contribution >= 0.6 is 56.5 Å². The number of fused-ring (bicyclic) bond motifs is 3. The van der Waals surface area contributed by atoms with Crippen molar-refractivity contribution in [3.05, 3.63) is 155 Å². The number of para-hydroxylation sites is 1. The maximum Gasteiger partial charge on any atom is 0.271 e. The minimum Gasteiger partial charge on any atom is -0.496 e. The van der Waals surface area contributed by atoms with Crippen molar-refractivity contribution in [2.75, 3.05) is 7.11 Å². The number of thiazole rings is 1. The van der Waals surface area contributed by atoms with Gasteiger partial charge in [-0.15, -0.1) is 0 Å². The third-order valence-electron chi connectivity index (χ3n) is 8.16. The molecule has 1 aliphatic carbocycles. The average Bonchev–Trinajstić information content (AvgIpc) is 3.37. The Balaban J connectivity index is 1.29. The molecule has 0 N–H and O–H groups in total. The second kappa shape index (κ2) is 12.8. The van der Waals surface area contributed by atoms with Crippen LogP contribution in [0.25, 0.3) is 11.8 Å². The van der Waals surface area contributed by atoms with E-state index in [1.54, 1.807) is 19.2 Å². The summed E-state index contributed by atoms with van der Waals surface area (Å²) in [6.07, 6.45) is 3.61. The molecule has 1 aromatic heterocycles. The highest BCUT2D eigenvalue weighted by atomic mass is 127. The lowest BCUT2D eigenvalue weighted by atomic mass is 9.83. The molecule has 1 atom stereocenters. The Bertz CT molecular complexity index is 2220. The molecule has 0 saturated heterocycles. The molecule has 0 amide bonds. The van der Waals surface area contributed by atoms with E-state index < -0.39 is 4.92 Å². The van der Waals surface area contributed by atoms with Crippen molar-refractivity contribution in [2.45, 2.75) is 25.5 Å². The van der Waals surface area contributed by atoms with E-state index in [1.165, 1.54) is 29.0 Å². The van der Waals surface area contributed by atoms with Crippen molar-refractivity contribution in [3.63, 3.8) is 0 Å². The molecular weight excluding hydrogens is 828 g/mol. The van der Waals surface area contributed by atoms with Crippen LogP contribution in [0.1, 0.15) is 40.3 Å². The number of ether oxygens (including phenoxy) is 2. The van der Waals surface area contributed by atoms with Crippen LogP contribution in [0.15, 0.2) is 100 Å². The van der Waals surface area contributed by atoms with E-state index in [2.05, 4.69) is 63.4 Å². The van der Waals surface area contributed by atoms with E-state index in [0.717, 1.165) is 65.0 Å². The minimum absolute atomic E-state index is 0.0433. The molecule has 8 nitrogen and oxygen atoms in total. The van der Waals surface area contributed by atoms with Crippen LogP contribution in [-0.2, 0) is 13.0 Å². The molecule has 7 rings (SSSR count). The molecule has 2 heterocycles. The van der Waals surface area contributed by atoms with E-state index in [1.807, 2.05) is 53.1 Å². The van der Waals surface area contributed by atoms with Crippen LogP contribution in [-0.4, -0.2) is 16.6 Å². The van der Waals surface area contributed by atoms with Crippen LogP contribution in [0.2, 0.25) is 0 Å². The van der Waals surface area contributed by atoms with Gasteiger partial charge in [0, 0.05) is 23.3 Å². The smallest absolute Gasteiger partial charge is 0.271 e. The van der Waals surface area contributed by atoms with Gasteiger partial charge in [0.15, 0.2) is 4.80 Å². The number of hydrogen-bond acceptors (Lipinski definition) is 7. The van der Waals surface area contributed by atoms with E-state index in [4.69, 9.17) is 14.5 Å². The summed E-state index contributed by atoms with van der Waals surface area (Å²) < 4.78 is 16.1. The Morgan fingerprint density at radius 3 is 2.48 bits per heavy atom. The number of hydrogen-bond donors (Lipinski definition) is 0. The Morgan fingerprint density at radius 2 is 1.74 bits per heavy atom. The number of allylic oxidation sites excluding steroid dienone is 1. The first-order valence-electron chi connectivity index (χ1n) is 14.4. The number of non-ortho nitro benzene ring substituents is 1. The Kier molecular flexibility index (Phi) is 8.55. The normalized spacial score (nSPS) is 15.5. The third kappa shape index (κ3) is 5.68. The lowest BCUT2D eigenvalue weighted by Gasteiger charge is -2.31. The molecule has 11 heteroatoms. The van der Waals surface area contributed by atoms with Gasteiger partial charge in [-0.3, -0.25) is 19.5 Å². The monoisotopic (exact) mass is 853 g/mol. The number of aromatic nitrogens is 1. The second-order valence-electron chi connectivity index (χ2n) is 10.9. The van der Waals surface area contributed by atoms with Crippen molar-refractivity contribution in [2.24, 2.45) is 4.99 Å². The molecule has 0 unspecified atom stereocenters. The molecule has 46 heavy (non-hydrogen) atoms. The maximum atomic E-state index is 14.2. The lowest BCUT2D eigenvalue weighted by molar-refractivity contribution is -0.384. The van der Waals surface area contributed by atoms with E-state index >= 15 is 0 Å². The van der Waals surface area contributed by atoms with Gasteiger partial charge in [-0.05, 0) is 117 Å². The Labute approximate surface area is 295 Å². The minimum atomic E-state index is -0.419. The van der Waals surface area contributed by atoms with E-state index in [-0.39, 0.29) is 23.9 Å². The molecule has 5 aromatic rings. The quantitative estimate of drug-likeness (QED) is 0.0997. The van der Waals surface area contributed by atoms with Crippen molar-refractivity contribution >= 4 is 74.0 Å². The summed E-state index contributed by atoms with van der Waals surface area (Å²) in [5.41, 5.74) is 7.07. The average molecular weight is 853 g/mol. The van der Waals surface area contributed by atoms with E-state index in [9.17, 15) is 14.9 Å². The summed E-state index contributed by atoms with van der Waals surface area (Å²) in [4.78, 5) is 30.6. The van der Waals surface area contributed by atoms with Crippen molar-refractivity contribution < 1.29 is 14.4 Å². The van der Waals surface area contributed by atoms with Gasteiger partial charge in [0.1, 0.15) is 18.1 Å². The first-order valence-corrected chi connectivity index (χ1v) is 17.4. The zero-order chi connectivity index (χ0) is 31.9. The molecule has 0 radical (unpaired) electrons. The fraction of sp³-hybridized carbons (Fsp3) is 0.143. The molecular formula is C35H25I2N3O5S. The number of aryl methyl sites for hydroxylation is 1. The zero-order valence-electron chi connectivity index (χ0n) is 24.4. The van der Waals surface area contributed by atoms with Gasteiger partial charge in [-0.2, -0.15) is 0 Å². The highest BCUT2D eigenvalue weighted by Gasteiger charge is 2.34.